The maximum Gasteiger partial charge on any atom is 0.105 e. The Bertz CT molecular complexity index is 690. The fraction of sp³-hybridized carbons (Fsp3) is 0.353. The minimum Gasteiger partial charge on any atom is -0.355 e. The molecule has 2 nitrogen and oxygen atoms in total. The average molecular weight is 319 g/mol. The molecule has 0 saturated heterocycles. The summed E-state index contributed by atoms with van der Waals surface area (Å²) in [6.45, 7) is 4.35. The van der Waals surface area contributed by atoms with E-state index in [0.717, 1.165) is 29.4 Å². The van der Waals surface area contributed by atoms with Crippen molar-refractivity contribution in [3.63, 3.8) is 0 Å². The van der Waals surface area contributed by atoms with Gasteiger partial charge in [0.25, 0.3) is 0 Å². The molecule has 1 aromatic heterocycles. The Kier molecular flexibility index (Phi) is 4.05. The van der Waals surface area contributed by atoms with Crippen LogP contribution in [-0.4, -0.2) is 17.8 Å². The van der Waals surface area contributed by atoms with E-state index >= 15 is 0 Å². The number of thiophene rings is 1. The van der Waals surface area contributed by atoms with Gasteiger partial charge >= 0.3 is 0 Å². The number of hydrogen-bond donors (Lipinski definition) is 0. The number of aryl methyl sites for hydroxylation is 1. The minimum atomic E-state index is 0.336. The summed E-state index contributed by atoms with van der Waals surface area (Å²) in [5.74, 6) is 1.13. The topological polar surface area (TPSA) is 15.6 Å². The van der Waals surface area contributed by atoms with Crippen molar-refractivity contribution in [2.45, 2.75) is 32.7 Å². The zero-order valence-electron chi connectivity index (χ0n) is 12.6. The van der Waals surface area contributed by atoms with Gasteiger partial charge in [-0.05, 0) is 54.1 Å². The monoisotopic (exact) mass is 318 g/mol. The molecule has 4 heteroatoms. The summed E-state index contributed by atoms with van der Waals surface area (Å²) >= 11 is 8.01. The summed E-state index contributed by atoms with van der Waals surface area (Å²) < 4.78 is 0. The zero-order valence-corrected chi connectivity index (χ0v) is 14.1. The molecule has 1 aromatic carbocycles. The lowest BCUT2D eigenvalue weighted by Crippen LogP contribution is -2.30. The van der Waals surface area contributed by atoms with Crippen LogP contribution in [0.2, 0.25) is 5.02 Å². The van der Waals surface area contributed by atoms with Crippen LogP contribution in [0.4, 0.5) is 5.69 Å². The first kappa shape index (κ1) is 14.6. The van der Waals surface area contributed by atoms with Crippen molar-refractivity contribution in [2.75, 3.05) is 7.05 Å². The number of hydrogen-bond acceptors (Lipinski definition) is 3. The molecule has 0 radical (unpaired) electrons. The smallest absolute Gasteiger partial charge is 0.105 e. The third-order valence-corrected chi connectivity index (χ3v) is 5.45. The van der Waals surface area contributed by atoms with Crippen molar-refractivity contribution in [2.24, 2.45) is 4.99 Å². The summed E-state index contributed by atoms with van der Waals surface area (Å²) in [6.07, 6.45) is 1.88. The maximum atomic E-state index is 6.18. The van der Waals surface area contributed by atoms with E-state index in [4.69, 9.17) is 16.6 Å². The highest BCUT2D eigenvalue weighted by Crippen LogP contribution is 2.37. The molecular weight excluding hydrogens is 300 g/mol. The molecule has 0 spiro atoms. The first-order chi connectivity index (χ1) is 10.1. The highest BCUT2D eigenvalue weighted by atomic mass is 35.5. The molecule has 2 heterocycles. The molecule has 21 heavy (non-hydrogen) atoms. The summed E-state index contributed by atoms with van der Waals surface area (Å²) in [5.41, 5.74) is 3.65. The average Bonchev–Trinajstić information content (AvgIpc) is 2.83. The van der Waals surface area contributed by atoms with E-state index in [0.29, 0.717) is 6.04 Å². The molecule has 0 amide bonds. The van der Waals surface area contributed by atoms with Gasteiger partial charge in [-0.3, -0.25) is 0 Å². The molecule has 0 aliphatic carbocycles. The summed E-state index contributed by atoms with van der Waals surface area (Å²) in [5, 5.41) is 2.96. The number of halogens is 1. The van der Waals surface area contributed by atoms with E-state index in [1.165, 1.54) is 16.0 Å². The van der Waals surface area contributed by atoms with E-state index in [1.54, 1.807) is 0 Å². The molecule has 1 aliphatic heterocycles. The highest BCUT2D eigenvalue weighted by Gasteiger charge is 2.26. The molecule has 1 aliphatic rings. The van der Waals surface area contributed by atoms with Crippen LogP contribution in [0, 0.1) is 6.92 Å². The number of nitrogens with zero attached hydrogens (tertiary/aromatic N) is 2. The van der Waals surface area contributed by atoms with Gasteiger partial charge in [-0.25, -0.2) is 4.99 Å². The second kappa shape index (κ2) is 5.82. The van der Waals surface area contributed by atoms with Gasteiger partial charge in [0, 0.05) is 23.4 Å². The molecule has 2 aromatic rings. The van der Waals surface area contributed by atoms with Gasteiger partial charge in [0.1, 0.15) is 5.84 Å². The van der Waals surface area contributed by atoms with Crippen LogP contribution >= 0.6 is 22.9 Å². The van der Waals surface area contributed by atoms with Crippen molar-refractivity contribution < 1.29 is 0 Å². The van der Waals surface area contributed by atoms with Crippen LogP contribution < -0.4 is 0 Å². The predicted molar refractivity (Wildman–Crippen MR) is 92.1 cm³/mol. The van der Waals surface area contributed by atoms with Gasteiger partial charge in [-0.1, -0.05) is 18.5 Å². The predicted octanol–water partition coefficient (Wildman–Crippen LogP) is 5.38. The van der Waals surface area contributed by atoms with Crippen LogP contribution in [0.25, 0.3) is 0 Å². The Labute approximate surface area is 135 Å². The number of aliphatic imine (C=N–C) groups is 1. The Hall–Kier alpha value is -1.32. The zero-order chi connectivity index (χ0) is 15.0. The number of benzene rings is 1. The lowest BCUT2D eigenvalue weighted by Gasteiger charge is -2.29. The molecule has 0 fully saturated rings. The lowest BCUT2D eigenvalue weighted by atomic mass is 10.0. The van der Waals surface area contributed by atoms with Gasteiger partial charge in [0.2, 0.25) is 0 Å². The molecule has 110 valence electrons. The first-order valence-electron chi connectivity index (χ1n) is 7.23. The van der Waals surface area contributed by atoms with Crippen molar-refractivity contribution in [3.05, 3.63) is 50.7 Å². The quantitative estimate of drug-likeness (QED) is 0.726. The van der Waals surface area contributed by atoms with E-state index < -0.39 is 0 Å². The normalized spacial score (nSPS) is 18.2. The van der Waals surface area contributed by atoms with Crippen LogP contribution in [0.5, 0.6) is 0 Å². The lowest BCUT2D eigenvalue weighted by molar-refractivity contribution is 0.374. The first-order valence-corrected chi connectivity index (χ1v) is 8.48. The number of rotatable bonds is 2. The standard InChI is InChI=1S/C17H19ClN2S/c1-4-16-19-14-6-5-13(18)9-12(14)10-15(20(16)3)17-11(2)7-8-21-17/h5-9,15H,4,10H2,1-3H3. The Morgan fingerprint density at radius 2 is 2.19 bits per heavy atom. The highest BCUT2D eigenvalue weighted by molar-refractivity contribution is 7.10. The van der Waals surface area contributed by atoms with Crippen molar-refractivity contribution in [1.82, 2.24) is 4.90 Å². The Morgan fingerprint density at radius 3 is 2.86 bits per heavy atom. The van der Waals surface area contributed by atoms with E-state index in [2.05, 4.69) is 43.3 Å². The van der Waals surface area contributed by atoms with E-state index in [-0.39, 0.29) is 0 Å². The summed E-state index contributed by atoms with van der Waals surface area (Å²) in [7, 11) is 2.15. The summed E-state index contributed by atoms with van der Waals surface area (Å²) in [4.78, 5) is 8.61. The Balaban J connectivity index is 2.11. The molecule has 1 atom stereocenters. The molecular formula is C17H19ClN2S. The molecule has 0 saturated carbocycles. The third kappa shape index (κ3) is 2.72. The number of likely N-dealkylation sites (N-methyl/N-ethyl adjacent to an activating group) is 1. The molecule has 3 rings (SSSR count). The van der Waals surface area contributed by atoms with E-state index in [9.17, 15) is 0 Å². The molecule has 1 unspecified atom stereocenters. The third-order valence-electron chi connectivity index (χ3n) is 4.10. The number of fused-ring (bicyclic) bond motifs is 1. The van der Waals surface area contributed by atoms with Crippen LogP contribution in [0.15, 0.2) is 34.6 Å². The van der Waals surface area contributed by atoms with Gasteiger partial charge < -0.3 is 4.90 Å². The minimum absolute atomic E-state index is 0.336. The van der Waals surface area contributed by atoms with Gasteiger partial charge in [0.05, 0.1) is 11.7 Å². The van der Waals surface area contributed by atoms with Crippen molar-refractivity contribution >= 4 is 34.5 Å². The second-order valence-electron chi connectivity index (χ2n) is 5.45. The largest absolute Gasteiger partial charge is 0.355 e. The Morgan fingerprint density at radius 1 is 1.38 bits per heavy atom. The number of amidine groups is 1. The van der Waals surface area contributed by atoms with Crippen LogP contribution in [0.1, 0.15) is 35.4 Å². The van der Waals surface area contributed by atoms with Gasteiger partial charge in [-0.15, -0.1) is 11.3 Å². The van der Waals surface area contributed by atoms with Crippen molar-refractivity contribution in [3.8, 4) is 0 Å². The summed E-state index contributed by atoms with van der Waals surface area (Å²) in [6, 6.07) is 8.55. The fourth-order valence-corrected chi connectivity index (χ4v) is 4.16. The van der Waals surface area contributed by atoms with Crippen LogP contribution in [-0.2, 0) is 6.42 Å². The van der Waals surface area contributed by atoms with Crippen LogP contribution in [0.3, 0.4) is 0 Å². The fourth-order valence-electron chi connectivity index (χ4n) is 2.89. The van der Waals surface area contributed by atoms with Crippen molar-refractivity contribution in [1.29, 1.82) is 0 Å². The molecule has 0 bridgehead atoms. The maximum absolute atomic E-state index is 6.18. The van der Waals surface area contributed by atoms with Gasteiger partial charge in [-0.2, -0.15) is 0 Å². The molecule has 0 N–H and O–H groups in total. The van der Waals surface area contributed by atoms with E-state index in [1.807, 2.05) is 23.5 Å². The van der Waals surface area contributed by atoms with Gasteiger partial charge in [0.15, 0.2) is 0 Å². The second-order valence-corrected chi connectivity index (χ2v) is 6.84. The SMILES string of the molecule is CCC1=Nc2ccc(Cl)cc2CC(c2sccc2C)N1C.